The standard InChI is InChI=1S/2C44H84NO10P/c2*1-3-5-7-9-11-13-15-17-19-20-22-24-26-28-30-32-34-36-43(47)55-40(38-53-56(50,51)54-39-41(45)44(48)49)37-52-42(46)35-33-31-29-27-25-23-21-18-16-14-12-10-8-6-4-2/h30,32,40-41H,3-29,31,33-39,45H2,1-2H3,(H,48,49)(H,50,51);29,31,40-41H,3-28,30,32-39,45H2,1-2H3,(H,48,49)(H,50,51)/b32-30-;31-29-. The van der Waals surface area contributed by atoms with Crippen molar-refractivity contribution >= 4 is 51.5 Å². The molecule has 0 radical (unpaired) electrons. The van der Waals surface area contributed by atoms with Crippen LogP contribution < -0.4 is 11.5 Å². The molecule has 0 amide bonds. The largest absolute Gasteiger partial charge is 0.480 e. The Labute approximate surface area is 681 Å². The molecular weight excluding hydrogens is 1470 g/mol. The number of carboxylic acids is 2. The van der Waals surface area contributed by atoms with E-state index in [1.54, 1.807) is 0 Å². The third-order valence-corrected chi connectivity index (χ3v) is 22.0. The van der Waals surface area contributed by atoms with Crippen molar-refractivity contribution in [2.75, 3.05) is 39.6 Å². The Hall–Kier alpha value is -3.56. The molecule has 0 aromatic heterocycles. The number of nitrogens with two attached hydrogens (primary N) is 2. The molecule has 0 aliphatic heterocycles. The first-order valence-corrected chi connectivity index (χ1v) is 48.4. The molecule has 8 N–H and O–H groups in total. The fourth-order valence-corrected chi connectivity index (χ4v) is 14.4. The summed E-state index contributed by atoms with van der Waals surface area (Å²) in [5.41, 5.74) is 10.7. The number of unbranched alkanes of at least 4 members (excludes halogenated alkanes) is 54. The molecule has 0 rings (SSSR count). The molecule has 0 aromatic rings. The lowest BCUT2D eigenvalue weighted by Gasteiger charge is -2.20. The van der Waals surface area contributed by atoms with E-state index in [2.05, 4.69) is 48.9 Å². The number of ether oxygens (including phenoxy) is 4. The van der Waals surface area contributed by atoms with Crippen molar-refractivity contribution in [1.29, 1.82) is 0 Å². The maximum absolute atomic E-state index is 12.6. The van der Waals surface area contributed by atoms with Gasteiger partial charge in [-0.25, -0.2) is 9.13 Å². The number of phosphoric acid groups is 2. The van der Waals surface area contributed by atoms with Crippen molar-refractivity contribution in [1.82, 2.24) is 0 Å². The van der Waals surface area contributed by atoms with Gasteiger partial charge in [-0.2, -0.15) is 0 Å². The summed E-state index contributed by atoms with van der Waals surface area (Å²) in [6.45, 7) is 5.59. The van der Waals surface area contributed by atoms with Gasteiger partial charge in [0.25, 0.3) is 0 Å². The highest BCUT2D eigenvalue weighted by atomic mass is 31.2. The van der Waals surface area contributed by atoms with Crippen molar-refractivity contribution in [3.8, 4) is 0 Å². The van der Waals surface area contributed by atoms with Crippen LogP contribution in [0.1, 0.15) is 439 Å². The van der Waals surface area contributed by atoms with Crippen LogP contribution in [0.2, 0.25) is 0 Å². The van der Waals surface area contributed by atoms with Gasteiger partial charge in [-0.3, -0.25) is 46.9 Å². The summed E-state index contributed by atoms with van der Waals surface area (Å²) in [7, 11) is -9.44. The second kappa shape index (κ2) is 83.9. The van der Waals surface area contributed by atoms with Crippen molar-refractivity contribution in [3.63, 3.8) is 0 Å². The Morgan fingerprint density at radius 2 is 0.464 bits per heavy atom. The smallest absolute Gasteiger partial charge is 0.472 e. The molecule has 0 fully saturated rings. The van der Waals surface area contributed by atoms with Gasteiger partial charge in [0.15, 0.2) is 12.2 Å². The molecule has 6 unspecified atom stereocenters. The maximum atomic E-state index is 12.6. The predicted molar refractivity (Wildman–Crippen MR) is 453 cm³/mol. The summed E-state index contributed by atoms with van der Waals surface area (Å²) in [5.74, 6) is -4.85. The highest BCUT2D eigenvalue weighted by Gasteiger charge is 2.30. The minimum Gasteiger partial charge on any atom is -0.480 e. The number of rotatable bonds is 86. The number of hydrogen-bond donors (Lipinski definition) is 6. The highest BCUT2D eigenvalue weighted by molar-refractivity contribution is 7.47. The Morgan fingerprint density at radius 3 is 0.723 bits per heavy atom. The first-order chi connectivity index (χ1) is 54.2. The van der Waals surface area contributed by atoms with E-state index in [-0.39, 0.29) is 38.9 Å². The fraction of sp³-hybridized carbons (Fsp3) is 0.886. The summed E-state index contributed by atoms with van der Waals surface area (Å²) >= 11 is 0. The van der Waals surface area contributed by atoms with Gasteiger partial charge in [-0.05, 0) is 51.4 Å². The second-order valence-corrected chi connectivity index (χ2v) is 34.0. The van der Waals surface area contributed by atoms with E-state index in [0.717, 1.165) is 64.2 Å². The quantitative estimate of drug-likeness (QED) is 0.0108. The number of hydrogen-bond acceptors (Lipinski definition) is 18. The normalized spacial score (nSPS) is 13.8. The van der Waals surface area contributed by atoms with Crippen molar-refractivity contribution in [3.05, 3.63) is 24.3 Å². The van der Waals surface area contributed by atoms with Gasteiger partial charge in [0, 0.05) is 25.7 Å². The lowest BCUT2D eigenvalue weighted by atomic mass is 10.0. The van der Waals surface area contributed by atoms with E-state index in [9.17, 15) is 47.7 Å². The Balaban J connectivity index is 0. The molecule has 0 aliphatic carbocycles. The average Bonchev–Trinajstić information content (AvgIpc) is 0.904. The highest BCUT2D eigenvalue weighted by Crippen LogP contribution is 2.44. The minimum absolute atomic E-state index is 0.0828. The van der Waals surface area contributed by atoms with Crippen LogP contribution in [0.4, 0.5) is 0 Å². The van der Waals surface area contributed by atoms with Crippen LogP contribution in [0, 0.1) is 0 Å². The van der Waals surface area contributed by atoms with Gasteiger partial charge in [-0.1, -0.05) is 386 Å². The van der Waals surface area contributed by atoms with Crippen LogP contribution in [0.15, 0.2) is 24.3 Å². The SMILES string of the molecule is CCCCCCCCCCCCC/C=C\CCC(=O)OCC(COP(=O)(O)OCC(N)C(=O)O)OC(=O)CCCCCCCCCCCCCCCCCCC.CCCCCCCCCCCCCCC/C=C\CCC(=O)OC(COC(=O)CCCCCCCCCCCCCCCCC)COP(=O)(O)OCC(N)C(=O)O. The zero-order valence-corrected chi connectivity index (χ0v) is 73.3. The average molecular weight is 1640 g/mol. The zero-order chi connectivity index (χ0) is 82.8. The lowest BCUT2D eigenvalue weighted by molar-refractivity contribution is -0.161. The van der Waals surface area contributed by atoms with E-state index in [1.807, 2.05) is 12.2 Å². The monoisotopic (exact) mass is 1640 g/mol. The lowest BCUT2D eigenvalue weighted by Crippen LogP contribution is -2.34. The Morgan fingerprint density at radius 1 is 0.268 bits per heavy atom. The number of allylic oxidation sites excluding steroid dienone is 4. The number of carbonyl (C=O) groups excluding carboxylic acids is 4. The molecule has 0 heterocycles. The topological polar surface area (TPSA) is 343 Å². The minimum atomic E-state index is -4.72. The van der Waals surface area contributed by atoms with E-state index in [0.29, 0.717) is 25.7 Å². The van der Waals surface area contributed by atoms with Gasteiger partial charge in [0.2, 0.25) is 0 Å². The van der Waals surface area contributed by atoms with Crippen molar-refractivity contribution in [2.24, 2.45) is 11.5 Å². The molecule has 24 heteroatoms. The van der Waals surface area contributed by atoms with Gasteiger partial charge >= 0.3 is 51.5 Å². The second-order valence-electron chi connectivity index (χ2n) is 31.1. The summed E-state index contributed by atoms with van der Waals surface area (Å²) in [4.78, 5) is 91.9. The van der Waals surface area contributed by atoms with Gasteiger partial charge < -0.3 is 50.4 Å². The van der Waals surface area contributed by atoms with Crippen LogP contribution in [0.5, 0.6) is 0 Å². The summed E-state index contributed by atoms with van der Waals surface area (Å²) in [5, 5.41) is 17.8. The number of phosphoric ester groups is 2. The first kappa shape index (κ1) is 110. The zero-order valence-electron chi connectivity index (χ0n) is 71.5. The molecule has 0 saturated heterocycles. The molecule has 22 nitrogen and oxygen atoms in total. The van der Waals surface area contributed by atoms with Crippen LogP contribution >= 0.6 is 15.6 Å². The van der Waals surface area contributed by atoms with Gasteiger partial charge in [0.1, 0.15) is 25.3 Å². The molecule has 0 aromatic carbocycles. The fourth-order valence-electron chi connectivity index (χ4n) is 12.9. The van der Waals surface area contributed by atoms with Gasteiger partial charge in [-0.15, -0.1) is 0 Å². The van der Waals surface area contributed by atoms with Crippen molar-refractivity contribution < 1.29 is 94.9 Å². The molecular formula is C88H168N2O20P2. The predicted octanol–water partition coefficient (Wildman–Crippen LogP) is 24.1. The molecule has 0 spiro atoms. The van der Waals surface area contributed by atoms with E-state index in [4.69, 9.17) is 49.7 Å². The van der Waals surface area contributed by atoms with Crippen molar-refractivity contribution in [2.45, 2.75) is 463 Å². The number of carbonyl (C=O) groups is 6. The Kier molecular flexibility index (Phi) is 82.8. The van der Waals surface area contributed by atoms with Crippen LogP contribution in [-0.4, -0.2) is 120 Å². The first-order valence-electron chi connectivity index (χ1n) is 45.4. The van der Waals surface area contributed by atoms with Gasteiger partial charge in [0.05, 0.1) is 26.4 Å². The molecule has 6 atom stereocenters. The molecule has 0 saturated carbocycles. The molecule has 0 bridgehead atoms. The van der Waals surface area contributed by atoms with Crippen LogP contribution in [-0.2, 0) is 74.9 Å². The summed E-state index contributed by atoms with van der Waals surface area (Å²) in [6.07, 6.45) is 80.0. The Bertz CT molecular complexity index is 2330. The number of carboxylic acid groups (broad SMARTS) is 2. The third-order valence-electron chi connectivity index (χ3n) is 20.1. The molecule has 660 valence electrons. The summed E-state index contributed by atoms with van der Waals surface area (Å²) < 4.78 is 65.3. The molecule has 0 aliphatic rings. The maximum Gasteiger partial charge on any atom is 0.472 e. The number of esters is 4. The van der Waals surface area contributed by atoms with E-state index < -0.39 is 102 Å². The van der Waals surface area contributed by atoms with Crippen LogP contribution in [0.25, 0.3) is 0 Å². The number of aliphatic carboxylic acids is 2. The van der Waals surface area contributed by atoms with E-state index >= 15 is 0 Å². The van der Waals surface area contributed by atoms with Crippen LogP contribution in [0.3, 0.4) is 0 Å². The third kappa shape index (κ3) is 84.4. The van der Waals surface area contributed by atoms with E-state index in [1.165, 1.54) is 295 Å². The molecule has 112 heavy (non-hydrogen) atoms. The summed E-state index contributed by atoms with van der Waals surface area (Å²) in [6, 6.07) is -3.04.